The minimum atomic E-state index is -1.20. The topological polar surface area (TPSA) is 59.6 Å². The van der Waals surface area contributed by atoms with Gasteiger partial charge in [-0.05, 0) is 0 Å². The number of hydrogen-bond acceptors (Lipinski definition) is 4. The summed E-state index contributed by atoms with van der Waals surface area (Å²) < 4.78 is 24.0. The Bertz CT molecular complexity index is 281. The van der Waals surface area contributed by atoms with Crippen LogP contribution in [0.15, 0.2) is 0 Å². The van der Waals surface area contributed by atoms with E-state index in [0.29, 0.717) is 25.9 Å². The summed E-state index contributed by atoms with van der Waals surface area (Å²) in [5, 5.41) is 5.80. The highest BCUT2D eigenvalue weighted by molar-refractivity contribution is 5.81. The summed E-state index contributed by atoms with van der Waals surface area (Å²) in [7, 11) is 0. The Morgan fingerprint density at radius 3 is 2.33 bits per heavy atom. The van der Waals surface area contributed by atoms with E-state index in [1.807, 2.05) is 0 Å². The molecule has 1 unspecified atom stereocenters. The molecule has 0 aromatic heterocycles. The van der Waals surface area contributed by atoms with Gasteiger partial charge in [-0.25, -0.2) is 4.39 Å². The maximum absolute atomic E-state index is 13.5. The van der Waals surface area contributed by atoms with Gasteiger partial charge in [-0.1, -0.05) is 34.6 Å². The fourth-order valence-corrected chi connectivity index (χ4v) is 1.38. The van der Waals surface area contributed by atoms with E-state index in [2.05, 4.69) is 24.5 Å². The summed E-state index contributed by atoms with van der Waals surface area (Å²) in [6, 6.07) is 0.445. The van der Waals surface area contributed by atoms with Crippen LogP contribution in [-0.4, -0.2) is 57.6 Å². The lowest BCUT2D eigenvalue weighted by Gasteiger charge is -2.18. The lowest BCUT2D eigenvalue weighted by Crippen LogP contribution is -2.39. The molecule has 0 bridgehead atoms. The quantitative estimate of drug-likeness (QED) is 0.568. The third-order valence-corrected chi connectivity index (χ3v) is 2.63. The molecule has 0 rings (SSSR count). The van der Waals surface area contributed by atoms with Crippen LogP contribution in [0.4, 0.5) is 4.39 Å². The Morgan fingerprint density at radius 1 is 1.14 bits per heavy atom. The van der Waals surface area contributed by atoms with Crippen molar-refractivity contribution in [3.63, 3.8) is 0 Å². The Balaban J connectivity index is 3.42. The number of amides is 1. The number of ether oxygens (including phenoxy) is 2. The molecule has 1 atom stereocenters. The molecule has 0 aliphatic carbocycles. The van der Waals surface area contributed by atoms with Crippen LogP contribution < -0.4 is 10.6 Å². The van der Waals surface area contributed by atoms with Crippen LogP contribution in [0.5, 0.6) is 0 Å². The first-order valence-corrected chi connectivity index (χ1v) is 7.54. The normalized spacial score (nSPS) is 13.5. The molecule has 5 nitrogen and oxygen atoms in total. The lowest BCUT2D eigenvalue weighted by molar-refractivity contribution is -0.128. The van der Waals surface area contributed by atoms with Crippen molar-refractivity contribution in [2.75, 3.05) is 39.5 Å². The summed E-state index contributed by atoms with van der Waals surface area (Å²) in [5.74, 6) is -0.161. The van der Waals surface area contributed by atoms with E-state index in [9.17, 15) is 9.18 Å². The Hall–Kier alpha value is -0.720. The van der Waals surface area contributed by atoms with Gasteiger partial charge < -0.3 is 20.1 Å². The fourth-order valence-electron chi connectivity index (χ4n) is 1.38. The van der Waals surface area contributed by atoms with E-state index in [1.54, 1.807) is 20.8 Å². The van der Waals surface area contributed by atoms with E-state index in [-0.39, 0.29) is 19.1 Å². The van der Waals surface area contributed by atoms with Crippen molar-refractivity contribution < 1.29 is 18.7 Å². The van der Waals surface area contributed by atoms with Crippen molar-refractivity contribution in [3.05, 3.63) is 0 Å². The van der Waals surface area contributed by atoms with Gasteiger partial charge in [-0.15, -0.1) is 0 Å². The molecule has 0 aromatic carbocycles. The first-order chi connectivity index (χ1) is 9.73. The van der Waals surface area contributed by atoms with Gasteiger partial charge in [0, 0.05) is 18.0 Å². The third kappa shape index (κ3) is 12.7. The molecule has 2 N–H and O–H groups in total. The summed E-state index contributed by atoms with van der Waals surface area (Å²) in [6.45, 7) is 11.7. The van der Waals surface area contributed by atoms with Gasteiger partial charge in [-0.3, -0.25) is 4.79 Å². The summed E-state index contributed by atoms with van der Waals surface area (Å²) in [4.78, 5) is 11.5. The zero-order valence-electron chi connectivity index (χ0n) is 14.0. The zero-order valence-corrected chi connectivity index (χ0v) is 14.0. The fraction of sp³-hybridized carbons (Fsp3) is 0.933. The average Bonchev–Trinajstić information content (AvgIpc) is 2.37. The van der Waals surface area contributed by atoms with Crippen molar-refractivity contribution in [3.8, 4) is 0 Å². The molecule has 0 aliphatic rings. The second-order valence-corrected chi connectivity index (χ2v) is 6.35. The molecule has 1 amide bonds. The zero-order chi connectivity index (χ0) is 16.3. The van der Waals surface area contributed by atoms with Crippen LogP contribution in [0.2, 0.25) is 0 Å². The van der Waals surface area contributed by atoms with Crippen LogP contribution in [-0.2, 0) is 14.3 Å². The number of carbonyl (C=O) groups excluding carboxylic acids is 1. The molecule has 126 valence electrons. The van der Waals surface area contributed by atoms with Gasteiger partial charge in [0.15, 0.2) is 0 Å². The molecule has 0 fully saturated rings. The highest BCUT2D eigenvalue weighted by Crippen LogP contribution is 2.12. The number of rotatable bonds is 11. The molecule has 0 radical (unpaired) electrons. The minimum Gasteiger partial charge on any atom is -0.378 e. The average molecular weight is 306 g/mol. The van der Waals surface area contributed by atoms with Crippen LogP contribution in [0.3, 0.4) is 0 Å². The minimum absolute atomic E-state index is 0.0186. The first-order valence-electron chi connectivity index (χ1n) is 7.54. The number of hydrogen-bond donors (Lipinski definition) is 2. The molecule has 0 spiro atoms. The molecule has 21 heavy (non-hydrogen) atoms. The van der Waals surface area contributed by atoms with Gasteiger partial charge in [0.2, 0.25) is 5.91 Å². The molecular formula is C15H31FN2O3. The maximum Gasteiger partial charge on any atom is 0.225 e. The van der Waals surface area contributed by atoms with Crippen LogP contribution in [0, 0.1) is 5.41 Å². The maximum atomic E-state index is 13.5. The van der Waals surface area contributed by atoms with Crippen molar-refractivity contribution in [2.24, 2.45) is 5.41 Å². The molecular weight excluding hydrogens is 275 g/mol. The van der Waals surface area contributed by atoms with Gasteiger partial charge in [0.1, 0.15) is 6.17 Å². The van der Waals surface area contributed by atoms with Gasteiger partial charge in [-0.2, -0.15) is 0 Å². The largest absolute Gasteiger partial charge is 0.378 e. The molecule has 6 heteroatoms. The van der Waals surface area contributed by atoms with Crippen LogP contribution in [0.1, 0.15) is 34.6 Å². The third-order valence-electron chi connectivity index (χ3n) is 2.63. The number of carbonyl (C=O) groups is 1. The van der Waals surface area contributed by atoms with E-state index >= 15 is 0 Å². The molecule has 0 aliphatic heterocycles. The summed E-state index contributed by atoms with van der Waals surface area (Å²) in [5.41, 5.74) is -0.502. The highest BCUT2D eigenvalue weighted by atomic mass is 19.1. The second kappa shape index (κ2) is 10.9. The number of alkyl halides is 1. The van der Waals surface area contributed by atoms with E-state index in [0.717, 1.165) is 6.54 Å². The van der Waals surface area contributed by atoms with Gasteiger partial charge in [0.05, 0.1) is 33.0 Å². The second-order valence-electron chi connectivity index (χ2n) is 6.35. The lowest BCUT2D eigenvalue weighted by atomic mass is 9.96. The Kier molecular flexibility index (Phi) is 10.6. The van der Waals surface area contributed by atoms with E-state index < -0.39 is 11.6 Å². The van der Waals surface area contributed by atoms with Crippen molar-refractivity contribution in [1.29, 1.82) is 0 Å². The van der Waals surface area contributed by atoms with Crippen LogP contribution >= 0.6 is 0 Å². The molecule has 0 saturated carbocycles. The molecule has 0 heterocycles. The first kappa shape index (κ1) is 20.3. The summed E-state index contributed by atoms with van der Waals surface area (Å²) in [6.07, 6.45) is -1.20. The Labute approximate surface area is 128 Å². The predicted octanol–water partition coefficient (Wildman–Crippen LogP) is 1.52. The highest BCUT2D eigenvalue weighted by Gasteiger charge is 2.21. The summed E-state index contributed by atoms with van der Waals surface area (Å²) >= 11 is 0. The number of nitrogens with one attached hydrogen (secondary N) is 2. The van der Waals surface area contributed by atoms with Crippen molar-refractivity contribution >= 4 is 5.91 Å². The van der Waals surface area contributed by atoms with Crippen molar-refractivity contribution in [2.45, 2.75) is 46.8 Å². The SMILES string of the molecule is CC(C)NCCOCCOCC(F)CNC(=O)C(C)(C)C. The van der Waals surface area contributed by atoms with Gasteiger partial charge in [0.25, 0.3) is 0 Å². The van der Waals surface area contributed by atoms with Gasteiger partial charge >= 0.3 is 0 Å². The predicted molar refractivity (Wildman–Crippen MR) is 82.1 cm³/mol. The molecule has 0 aromatic rings. The smallest absolute Gasteiger partial charge is 0.225 e. The molecule has 0 saturated heterocycles. The standard InChI is InChI=1S/C15H31FN2O3/c1-12(2)17-6-7-20-8-9-21-11-13(16)10-18-14(19)15(3,4)5/h12-13,17H,6-11H2,1-5H3,(H,18,19). The Morgan fingerprint density at radius 2 is 1.76 bits per heavy atom. The van der Waals surface area contributed by atoms with Crippen molar-refractivity contribution in [1.82, 2.24) is 10.6 Å². The monoisotopic (exact) mass is 306 g/mol. The van der Waals surface area contributed by atoms with E-state index in [4.69, 9.17) is 9.47 Å². The number of halogens is 1. The van der Waals surface area contributed by atoms with Crippen LogP contribution in [0.25, 0.3) is 0 Å². The van der Waals surface area contributed by atoms with E-state index in [1.165, 1.54) is 0 Å².